The largest absolute Gasteiger partial charge is 0.462 e. The molecule has 1 unspecified atom stereocenters. The summed E-state index contributed by atoms with van der Waals surface area (Å²) in [5.41, 5.74) is 0. The number of unbranched alkanes of at least 4 members (excludes halogenated alkanes) is 28. The molecule has 0 spiro atoms. The fourth-order valence-corrected chi connectivity index (χ4v) is 9.02. The van der Waals surface area contributed by atoms with E-state index >= 15 is 0 Å². The van der Waals surface area contributed by atoms with Crippen molar-refractivity contribution in [3.05, 3.63) is 122 Å². The van der Waals surface area contributed by atoms with Crippen LogP contribution in [0.4, 0.5) is 0 Å². The molecule has 79 heavy (non-hydrogen) atoms. The second-order valence-corrected chi connectivity index (χ2v) is 21.6. The minimum Gasteiger partial charge on any atom is -0.462 e. The van der Waals surface area contributed by atoms with E-state index in [1.165, 1.54) is 128 Å². The van der Waals surface area contributed by atoms with Crippen LogP contribution in [0, 0.1) is 0 Å². The summed E-state index contributed by atoms with van der Waals surface area (Å²) >= 11 is 0. The van der Waals surface area contributed by atoms with Crippen LogP contribution in [0.5, 0.6) is 0 Å². The Hall–Kier alpha value is -4.19. The molecular weight excluding hydrogens is 973 g/mol. The van der Waals surface area contributed by atoms with Gasteiger partial charge in [-0.1, -0.05) is 290 Å². The number of esters is 3. The number of hydrogen-bond acceptors (Lipinski definition) is 6. The molecule has 0 amide bonds. The highest BCUT2D eigenvalue weighted by Crippen LogP contribution is 2.16. The zero-order valence-corrected chi connectivity index (χ0v) is 51.6. The van der Waals surface area contributed by atoms with Crippen LogP contribution in [0.2, 0.25) is 0 Å². The molecule has 0 aliphatic carbocycles. The van der Waals surface area contributed by atoms with E-state index in [0.29, 0.717) is 19.3 Å². The molecule has 450 valence electrons. The molecule has 0 radical (unpaired) electrons. The summed E-state index contributed by atoms with van der Waals surface area (Å²) in [6, 6.07) is 0. The minimum atomic E-state index is -0.803. The van der Waals surface area contributed by atoms with E-state index in [9.17, 15) is 14.4 Å². The van der Waals surface area contributed by atoms with Gasteiger partial charge in [0.1, 0.15) is 13.2 Å². The van der Waals surface area contributed by atoms with Gasteiger partial charge in [0.2, 0.25) is 0 Å². The molecule has 0 saturated heterocycles. The molecule has 6 nitrogen and oxygen atoms in total. The van der Waals surface area contributed by atoms with E-state index in [2.05, 4.69) is 142 Å². The van der Waals surface area contributed by atoms with Crippen LogP contribution in [0.25, 0.3) is 0 Å². The van der Waals surface area contributed by atoms with Gasteiger partial charge < -0.3 is 14.2 Å². The number of ether oxygens (including phenoxy) is 3. The molecule has 0 aliphatic rings. The van der Waals surface area contributed by atoms with Gasteiger partial charge in [0, 0.05) is 19.3 Å². The molecule has 0 bridgehead atoms. The molecule has 0 saturated carbocycles. The van der Waals surface area contributed by atoms with Gasteiger partial charge in [0.05, 0.1) is 0 Å². The van der Waals surface area contributed by atoms with E-state index in [4.69, 9.17) is 14.2 Å². The SMILES string of the molecule is CC/C=C\C/C=C\C/C=C\C/C=C\C/C=C\C/C=C\C/C=C\CCCCCC(=O)OCC(COC(=O)CCCCCCCCCCCCCCCCCCC)OC(=O)CCCCCCCC/C=C\C/C=C\C/C=C\CCCCC. The Bertz CT molecular complexity index is 1640. The molecule has 6 heteroatoms. The van der Waals surface area contributed by atoms with Crippen molar-refractivity contribution in [2.24, 2.45) is 0 Å². The fraction of sp³-hybridized carbons (Fsp3) is 0.685. The lowest BCUT2D eigenvalue weighted by molar-refractivity contribution is -0.167. The van der Waals surface area contributed by atoms with Crippen molar-refractivity contribution < 1.29 is 28.6 Å². The maximum atomic E-state index is 12.9. The highest BCUT2D eigenvalue weighted by Gasteiger charge is 2.19. The standard InChI is InChI=1S/C73H122O6/c1-4-7-10-13-16-19-22-25-28-31-33-34-35-36-37-38-40-42-45-48-51-54-57-60-63-66-72(75)78-69-70(68-77-71(74)65-62-59-56-53-50-47-44-41-30-27-24-21-18-15-12-9-6-3)79-73(76)67-64-61-58-55-52-49-46-43-39-32-29-26-23-20-17-14-11-8-5-2/h7,10,16-17,19-20,25-26,28-29,33-34,36-37,39-40,42-43,48,51,70H,4-6,8-9,11-15,18,21-24,27,30-32,35,38,41,44-47,49-50,52-69H2,1-3H3/b10-7-,19-16-,20-17-,28-25-,29-26-,34-33-,37-36-,42-40-,43-39-,51-48-. The van der Waals surface area contributed by atoms with Crippen molar-refractivity contribution in [1.29, 1.82) is 0 Å². The highest BCUT2D eigenvalue weighted by molar-refractivity contribution is 5.71. The van der Waals surface area contributed by atoms with E-state index in [1.54, 1.807) is 0 Å². The van der Waals surface area contributed by atoms with Gasteiger partial charge in [-0.25, -0.2) is 0 Å². The summed E-state index contributed by atoms with van der Waals surface area (Å²) in [6.45, 7) is 6.49. The molecular formula is C73H122O6. The lowest BCUT2D eigenvalue weighted by Crippen LogP contribution is -2.30. The van der Waals surface area contributed by atoms with Gasteiger partial charge >= 0.3 is 17.9 Å². The predicted octanol–water partition coefficient (Wildman–Crippen LogP) is 22.8. The van der Waals surface area contributed by atoms with E-state index < -0.39 is 6.10 Å². The van der Waals surface area contributed by atoms with Crippen molar-refractivity contribution in [3.63, 3.8) is 0 Å². The van der Waals surface area contributed by atoms with Crippen LogP contribution in [0.15, 0.2) is 122 Å². The number of hydrogen-bond donors (Lipinski definition) is 0. The van der Waals surface area contributed by atoms with Crippen LogP contribution in [-0.4, -0.2) is 37.2 Å². The lowest BCUT2D eigenvalue weighted by Gasteiger charge is -2.18. The van der Waals surface area contributed by atoms with Crippen molar-refractivity contribution in [3.8, 4) is 0 Å². The van der Waals surface area contributed by atoms with Crippen molar-refractivity contribution in [2.45, 2.75) is 309 Å². The van der Waals surface area contributed by atoms with Gasteiger partial charge in [-0.2, -0.15) is 0 Å². The summed E-state index contributed by atoms with van der Waals surface area (Å²) in [4.78, 5) is 38.4. The van der Waals surface area contributed by atoms with E-state index in [0.717, 1.165) is 135 Å². The van der Waals surface area contributed by atoms with Crippen molar-refractivity contribution in [1.82, 2.24) is 0 Å². The Kier molecular flexibility index (Phi) is 62.8. The Morgan fingerprint density at radius 1 is 0.266 bits per heavy atom. The Balaban J connectivity index is 4.47. The lowest BCUT2D eigenvalue weighted by atomic mass is 10.0. The maximum Gasteiger partial charge on any atom is 0.306 e. The highest BCUT2D eigenvalue weighted by atomic mass is 16.6. The second-order valence-electron chi connectivity index (χ2n) is 21.6. The molecule has 0 aromatic rings. The van der Waals surface area contributed by atoms with Crippen molar-refractivity contribution >= 4 is 17.9 Å². The third-order valence-corrected chi connectivity index (χ3v) is 14.0. The molecule has 0 heterocycles. The average molecular weight is 1100 g/mol. The number of carbonyl (C=O) groups is 3. The van der Waals surface area contributed by atoms with Crippen LogP contribution < -0.4 is 0 Å². The third-order valence-electron chi connectivity index (χ3n) is 14.0. The molecule has 1 atom stereocenters. The topological polar surface area (TPSA) is 78.9 Å². The van der Waals surface area contributed by atoms with Crippen LogP contribution in [0.1, 0.15) is 303 Å². The van der Waals surface area contributed by atoms with Gasteiger partial charge in [-0.15, -0.1) is 0 Å². The monoisotopic (exact) mass is 1090 g/mol. The van der Waals surface area contributed by atoms with Crippen LogP contribution in [0.3, 0.4) is 0 Å². The molecule has 0 aliphatic heterocycles. The second kappa shape index (κ2) is 66.3. The summed E-state index contributed by atoms with van der Waals surface area (Å²) in [6.07, 6.45) is 92.0. The number of carbonyl (C=O) groups excluding carboxylic acids is 3. The fourth-order valence-electron chi connectivity index (χ4n) is 9.02. The summed E-state index contributed by atoms with van der Waals surface area (Å²) in [5, 5.41) is 0. The van der Waals surface area contributed by atoms with Gasteiger partial charge in [0.15, 0.2) is 6.10 Å². The minimum absolute atomic E-state index is 0.0943. The van der Waals surface area contributed by atoms with E-state index in [-0.39, 0.29) is 31.1 Å². The first-order valence-electron chi connectivity index (χ1n) is 33.0. The van der Waals surface area contributed by atoms with Crippen molar-refractivity contribution in [2.75, 3.05) is 13.2 Å². The van der Waals surface area contributed by atoms with Gasteiger partial charge in [0.25, 0.3) is 0 Å². The smallest absolute Gasteiger partial charge is 0.306 e. The van der Waals surface area contributed by atoms with E-state index in [1.807, 2.05) is 0 Å². The molecule has 0 aromatic heterocycles. The first-order valence-corrected chi connectivity index (χ1v) is 33.0. The zero-order valence-electron chi connectivity index (χ0n) is 51.6. The van der Waals surface area contributed by atoms with Crippen LogP contribution >= 0.6 is 0 Å². The Morgan fingerprint density at radius 3 is 0.810 bits per heavy atom. The first kappa shape index (κ1) is 74.8. The molecule has 0 N–H and O–H groups in total. The predicted molar refractivity (Wildman–Crippen MR) is 343 cm³/mol. The zero-order chi connectivity index (χ0) is 57.1. The molecule has 0 aromatic carbocycles. The maximum absolute atomic E-state index is 12.9. The first-order chi connectivity index (χ1) is 39.0. The average Bonchev–Trinajstić information content (AvgIpc) is 3.45. The quantitative estimate of drug-likeness (QED) is 0.0261. The number of allylic oxidation sites excluding steroid dienone is 20. The Labute approximate surface area is 488 Å². The molecule has 0 rings (SSSR count). The van der Waals surface area contributed by atoms with Gasteiger partial charge in [-0.05, 0) is 116 Å². The van der Waals surface area contributed by atoms with Gasteiger partial charge in [-0.3, -0.25) is 14.4 Å². The number of rotatable bonds is 59. The normalized spacial score (nSPS) is 12.9. The third kappa shape index (κ3) is 64.5. The summed E-state index contributed by atoms with van der Waals surface area (Å²) in [7, 11) is 0. The summed E-state index contributed by atoms with van der Waals surface area (Å²) in [5.74, 6) is -0.933. The molecule has 0 fully saturated rings. The Morgan fingerprint density at radius 2 is 0.494 bits per heavy atom. The summed E-state index contributed by atoms with van der Waals surface area (Å²) < 4.78 is 16.9. The van der Waals surface area contributed by atoms with Crippen LogP contribution in [-0.2, 0) is 28.6 Å².